The molecule has 0 radical (unpaired) electrons. The maximum atomic E-state index is 12.3. The van der Waals surface area contributed by atoms with Gasteiger partial charge in [0.15, 0.2) is 5.78 Å². The topological polar surface area (TPSA) is 49.9 Å². The summed E-state index contributed by atoms with van der Waals surface area (Å²) < 4.78 is 0.980. The van der Waals surface area contributed by atoms with Crippen molar-refractivity contribution < 1.29 is 4.79 Å². The lowest BCUT2D eigenvalue weighted by Gasteiger charge is -2.02. The molecule has 6 heteroatoms. The first kappa shape index (κ1) is 14.4. The van der Waals surface area contributed by atoms with Crippen LogP contribution < -0.4 is 5.56 Å². The minimum absolute atomic E-state index is 0.216. The van der Waals surface area contributed by atoms with Crippen LogP contribution >= 0.6 is 38.6 Å². The molecule has 0 spiro atoms. The Morgan fingerprint density at radius 2 is 2.19 bits per heavy atom. The summed E-state index contributed by atoms with van der Waals surface area (Å²) in [6.45, 7) is 1.81. The highest BCUT2D eigenvalue weighted by Gasteiger charge is 2.15. The molecule has 3 heterocycles. The van der Waals surface area contributed by atoms with Crippen LogP contribution in [0.2, 0.25) is 0 Å². The van der Waals surface area contributed by atoms with Gasteiger partial charge in [-0.2, -0.15) is 0 Å². The van der Waals surface area contributed by atoms with Gasteiger partial charge >= 0.3 is 0 Å². The summed E-state index contributed by atoms with van der Waals surface area (Å²) in [5.74, 6) is -0.272. The number of aromatic nitrogens is 1. The number of fused-ring (bicyclic) bond motifs is 1. The highest BCUT2D eigenvalue weighted by Crippen LogP contribution is 2.23. The number of carbonyl (C=O) groups is 1. The van der Waals surface area contributed by atoms with Crippen molar-refractivity contribution >= 4 is 60.7 Å². The van der Waals surface area contributed by atoms with Gasteiger partial charge < -0.3 is 4.98 Å². The van der Waals surface area contributed by atoms with Crippen molar-refractivity contribution in [3.05, 3.63) is 59.8 Å². The van der Waals surface area contributed by atoms with Crippen molar-refractivity contribution in [3.63, 3.8) is 0 Å². The molecule has 0 atom stereocenters. The van der Waals surface area contributed by atoms with Crippen LogP contribution in [0.1, 0.15) is 20.8 Å². The lowest BCUT2D eigenvalue weighted by Crippen LogP contribution is -2.18. The molecule has 0 saturated heterocycles. The Morgan fingerprint density at radius 1 is 1.38 bits per heavy atom. The molecule has 3 aromatic rings. The number of ketones is 1. The van der Waals surface area contributed by atoms with Gasteiger partial charge in [0, 0.05) is 20.1 Å². The molecule has 3 aromatic heterocycles. The van der Waals surface area contributed by atoms with Crippen molar-refractivity contribution in [2.75, 3.05) is 0 Å². The minimum Gasteiger partial charge on any atom is -0.313 e. The number of halogens is 1. The van der Waals surface area contributed by atoms with Gasteiger partial charge in [0.1, 0.15) is 4.83 Å². The smallest absolute Gasteiger partial charge is 0.260 e. The molecule has 0 aliphatic heterocycles. The predicted molar refractivity (Wildman–Crippen MR) is 92.6 cm³/mol. The predicted octanol–water partition coefficient (Wildman–Crippen LogP) is 4.62. The van der Waals surface area contributed by atoms with Crippen LogP contribution in [0.5, 0.6) is 0 Å². The molecule has 0 amide bonds. The van der Waals surface area contributed by atoms with Crippen molar-refractivity contribution in [2.45, 2.75) is 6.92 Å². The number of aryl methyl sites for hydroxylation is 1. The molecule has 0 fully saturated rings. The second kappa shape index (κ2) is 5.71. The van der Waals surface area contributed by atoms with E-state index in [0.717, 1.165) is 25.1 Å². The monoisotopic (exact) mass is 379 g/mol. The Kier molecular flexibility index (Phi) is 3.93. The Labute approximate surface area is 137 Å². The van der Waals surface area contributed by atoms with E-state index in [9.17, 15) is 9.59 Å². The Bertz CT molecular complexity index is 917. The van der Waals surface area contributed by atoms with Crippen molar-refractivity contribution in [1.29, 1.82) is 0 Å². The van der Waals surface area contributed by atoms with Gasteiger partial charge in [0.25, 0.3) is 5.56 Å². The molecular weight excluding hydrogens is 370 g/mol. The largest absolute Gasteiger partial charge is 0.313 e. The SMILES string of the molecule is Cc1c(C(=O)C=Cc2cc(Br)cs2)c(=O)[nH]c2sccc12. The number of H-pyrrole nitrogens is 1. The van der Waals surface area contributed by atoms with E-state index in [4.69, 9.17) is 0 Å². The second-order valence-electron chi connectivity index (χ2n) is 4.48. The number of hydrogen-bond acceptors (Lipinski definition) is 4. The van der Waals surface area contributed by atoms with Gasteiger partial charge in [0.2, 0.25) is 0 Å². The highest BCUT2D eigenvalue weighted by atomic mass is 79.9. The second-order valence-corrected chi connectivity index (χ2v) is 7.26. The van der Waals surface area contributed by atoms with Gasteiger partial charge in [-0.1, -0.05) is 0 Å². The first-order valence-electron chi connectivity index (χ1n) is 6.13. The zero-order valence-corrected chi connectivity index (χ0v) is 14.2. The first-order chi connectivity index (χ1) is 10.1. The van der Waals surface area contributed by atoms with Gasteiger partial charge in [-0.25, -0.2) is 0 Å². The molecule has 21 heavy (non-hydrogen) atoms. The maximum Gasteiger partial charge on any atom is 0.260 e. The molecule has 0 aromatic carbocycles. The molecular formula is C15H10BrNO2S2. The Hall–Kier alpha value is -1.50. The van der Waals surface area contributed by atoms with Crippen LogP contribution in [0, 0.1) is 6.92 Å². The molecule has 0 saturated carbocycles. The van der Waals surface area contributed by atoms with Crippen molar-refractivity contribution in [2.24, 2.45) is 0 Å². The van der Waals surface area contributed by atoms with E-state index in [2.05, 4.69) is 20.9 Å². The molecule has 3 nitrogen and oxygen atoms in total. The fourth-order valence-electron chi connectivity index (χ4n) is 2.13. The van der Waals surface area contributed by atoms with Gasteiger partial charge in [-0.05, 0) is 58.1 Å². The summed E-state index contributed by atoms with van der Waals surface area (Å²) in [4.78, 5) is 29.0. The summed E-state index contributed by atoms with van der Waals surface area (Å²) in [6, 6.07) is 3.84. The third-order valence-electron chi connectivity index (χ3n) is 3.13. The normalized spacial score (nSPS) is 11.5. The van der Waals surface area contributed by atoms with Crippen LogP contribution in [-0.2, 0) is 0 Å². The minimum atomic E-state index is -0.329. The third kappa shape index (κ3) is 2.79. The van der Waals surface area contributed by atoms with E-state index >= 15 is 0 Å². The molecule has 1 N–H and O–H groups in total. The van der Waals surface area contributed by atoms with E-state index in [-0.39, 0.29) is 16.9 Å². The van der Waals surface area contributed by atoms with E-state index < -0.39 is 0 Å². The number of hydrogen-bond donors (Lipinski definition) is 1. The molecule has 0 aliphatic carbocycles. The van der Waals surface area contributed by atoms with Gasteiger partial charge in [-0.3, -0.25) is 9.59 Å². The lowest BCUT2D eigenvalue weighted by atomic mass is 10.0. The zero-order valence-electron chi connectivity index (χ0n) is 11.0. The molecule has 3 rings (SSSR count). The summed E-state index contributed by atoms with van der Waals surface area (Å²) in [6.07, 6.45) is 3.18. The number of pyridine rings is 1. The molecule has 0 unspecified atom stereocenters. The summed E-state index contributed by atoms with van der Waals surface area (Å²) >= 11 is 6.36. The molecule has 0 aliphatic rings. The van der Waals surface area contributed by atoms with E-state index in [1.165, 1.54) is 28.7 Å². The fraction of sp³-hybridized carbons (Fsp3) is 0.0667. The summed E-state index contributed by atoms with van der Waals surface area (Å²) in [5, 5.41) is 4.77. The van der Waals surface area contributed by atoms with Gasteiger partial charge in [0.05, 0.1) is 5.56 Å². The average molecular weight is 380 g/mol. The lowest BCUT2D eigenvalue weighted by molar-refractivity contribution is 0.104. The number of aromatic amines is 1. The maximum absolute atomic E-state index is 12.3. The van der Waals surface area contributed by atoms with Crippen LogP contribution in [0.3, 0.4) is 0 Å². The van der Waals surface area contributed by atoms with Crippen LogP contribution in [-0.4, -0.2) is 10.8 Å². The standard InChI is InChI=1S/C15H10BrNO2S2/c1-8-11-4-5-20-15(11)17-14(19)13(8)12(18)3-2-10-6-9(16)7-21-10/h2-7H,1H3,(H,17,19). The number of nitrogens with one attached hydrogen (secondary N) is 1. The summed E-state index contributed by atoms with van der Waals surface area (Å²) in [7, 11) is 0. The Morgan fingerprint density at radius 3 is 2.90 bits per heavy atom. The van der Waals surface area contributed by atoms with E-state index in [1.807, 2.05) is 29.8 Å². The molecule has 0 bridgehead atoms. The average Bonchev–Trinajstić information content (AvgIpc) is 3.05. The van der Waals surface area contributed by atoms with Gasteiger partial charge in [-0.15, -0.1) is 22.7 Å². The Balaban J connectivity index is 2.01. The highest BCUT2D eigenvalue weighted by molar-refractivity contribution is 9.10. The number of rotatable bonds is 3. The summed E-state index contributed by atoms with van der Waals surface area (Å²) in [5.41, 5.74) is 0.620. The van der Waals surface area contributed by atoms with Crippen LogP contribution in [0.25, 0.3) is 16.3 Å². The third-order valence-corrected chi connectivity index (χ3v) is 5.62. The number of allylic oxidation sites excluding steroid dienone is 1. The van der Waals surface area contributed by atoms with Crippen LogP contribution in [0.15, 0.2) is 38.2 Å². The number of thiophene rings is 2. The van der Waals surface area contributed by atoms with E-state index in [0.29, 0.717) is 0 Å². The van der Waals surface area contributed by atoms with E-state index in [1.54, 1.807) is 6.08 Å². The fourth-order valence-corrected chi connectivity index (χ4v) is 4.30. The van der Waals surface area contributed by atoms with Crippen molar-refractivity contribution in [1.82, 2.24) is 4.98 Å². The zero-order chi connectivity index (χ0) is 15.0. The van der Waals surface area contributed by atoms with Crippen LogP contribution in [0.4, 0.5) is 0 Å². The van der Waals surface area contributed by atoms with Crippen molar-refractivity contribution in [3.8, 4) is 0 Å². The quantitative estimate of drug-likeness (QED) is 0.533. The molecule has 106 valence electrons. The first-order valence-corrected chi connectivity index (χ1v) is 8.68. The number of carbonyl (C=O) groups excluding carboxylic acids is 1.